The summed E-state index contributed by atoms with van der Waals surface area (Å²) in [4.78, 5) is 2.45. The van der Waals surface area contributed by atoms with Crippen LogP contribution in [0.2, 0.25) is 0 Å². The Hall–Kier alpha value is -7.68. The number of benzene rings is 10. The second-order valence-electron chi connectivity index (χ2n) is 14.9. The minimum atomic E-state index is 1.08. The first kappa shape index (κ1) is 33.6. The van der Waals surface area contributed by atoms with E-state index in [1.807, 2.05) is 0 Å². The van der Waals surface area contributed by atoms with Gasteiger partial charge in [0.15, 0.2) is 0 Å². The molecule has 10 aromatic carbocycles. The van der Waals surface area contributed by atoms with Crippen molar-refractivity contribution in [3.63, 3.8) is 0 Å². The highest BCUT2D eigenvalue weighted by Gasteiger charge is 2.22. The van der Waals surface area contributed by atoms with Crippen molar-refractivity contribution in [2.24, 2.45) is 0 Å². The first-order valence-electron chi connectivity index (χ1n) is 19.9. The molecule has 272 valence electrons. The van der Waals surface area contributed by atoms with Gasteiger partial charge in [0.25, 0.3) is 0 Å². The molecule has 1 aromatic heterocycles. The standard InChI is InChI=1S/C56H38N2/c1-2-17-39(18-3-1)46-23-6-7-24-48(46)49-25-8-9-26-50(49)51-27-10-13-30-54(51)57(44-35-36-47-41(37-44)34-33-40-19-4-5-22-45(40)47)42-20-16-21-43(38-42)58-55-31-14-11-28-52(55)53-29-12-15-32-56(53)58/h1-38H. The Labute approximate surface area is 338 Å². The molecule has 11 aromatic rings. The van der Waals surface area contributed by atoms with Gasteiger partial charge < -0.3 is 9.47 Å². The third-order valence-electron chi connectivity index (χ3n) is 11.6. The van der Waals surface area contributed by atoms with Crippen LogP contribution in [0.1, 0.15) is 0 Å². The zero-order chi connectivity index (χ0) is 38.4. The normalized spacial score (nSPS) is 11.4. The third-order valence-corrected chi connectivity index (χ3v) is 11.6. The van der Waals surface area contributed by atoms with Gasteiger partial charge in [-0.3, -0.25) is 0 Å². The van der Waals surface area contributed by atoms with Gasteiger partial charge >= 0.3 is 0 Å². The quantitative estimate of drug-likeness (QED) is 0.148. The van der Waals surface area contributed by atoms with Crippen LogP contribution < -0.4 is 4.90 Å². The summed E-state index contributed by atoms with van der Waals surface area (Å²) in [6.07, 6.45) is 0. The average Bonchev–Trinajstić information content (AvgIpc) is 3.64. The summed E-state index contributed by atoms with van der Waals surface area (Å²) >= 11 is 0. The lowest BCUT2D eigenvalue weighted by Gasteiger charge is -2.29. The Kier molecular flexibility index (Phi) is 8.19. The summed E-state index contributed by atoms with van der Waals surface area (Å²) < 4.78 is 2.40. The van der Waals surface area contributed by atoms with Gasteiger partial charge in [-0.2, -0.15) is 0 Å². The van der Waals surface area contributed by atoms with Crippen molar-refractivity contribution in [3.05, 3.63) is 231 Å². The van der Waals surface area contributed by atoms with E-state index in [0.29, 0.717) is 0 Å². The van der Waals surface area contributed by atoms with Crippen molar-refractivity contribution >= 4 is 60.4 Å². The third kappa shape index (κ3) is 5.66. The van der Waals surface area contributed by atoms with Crippen LogP contribution >= 0.6 is 0 Å². The highest BCUT2D eigenvalue weighted by Crippen LogP contribution is 2.46. The Morgan fingerprint density at radius 2 is 0.810 bits per heavy atom. The van der Waals surface area contributed by atoms with E-state index in [1.54, 1.807) is 0 Å². The summed E-state index contributed by atoms with van der Waals surface area (Å²) in [5.74, 6) is 0. The Morgan fingerprint density at radius 1 is 0.293 bits per heavy atom. The van der Waals surface area contributed by atoms with Gasteiger partial charge in [0.2, 0.25) is 0 Å². The Balaban J connectivity index is 1.15. The first-order valence-corrected chi connectivity index (χ1v) is 19.9. The molecule has 0 amide bonds. The minimum absolute atomic E-state index is 1.08. The van der Waals surface area contributed by atoms with E-state index >= 15 is 0 Å². The number of nitrogens with zero attached hydrogens (tertiary/aromatic N) is 2. The maximum Gasteiger partial charge on any atom is 0.0541 e. The van der Waals surface area contributed by atoms with Gasteiger partial charge in [0.1, 0.15) is 0 Å². The van der Waals surface area contributed by atoms with Gasteiger partial charge in [-0.05, 0) is 97.9 Å². The molecule has 0 atom stereocenters. The average molecular weight is 739 g/mol. The highest BCUT2D eigenvalue weighted by atomic mass is 15.1. The van der Waals surface area contributed by atoms with Crippen LogP contribution in [0.25, 0.3) is 82.4 Å². The maximum atomic E-state index is 2.45. The molecule has 0 aliphatic rings. The van der Waals surface area contributed by atoms with E-state index in [-0.39, 0.29) is 0 Å². The molecule has 0 saturated heterocycles. The second-order valence-corrected chi connectivity index (χ2v) is 14.9. The van der Waals surface area contributed by atoms with Crippen molar-refractivity contribution in [3.8, 4) is 39.1 Å². The highest BCUT2D eigenvalue weighted by molar-refractivity contribution is 6.10. The van der Waals surface area contributed by atoms with Crippen LogP contribution in [0.4, 0.5) is 17.1 Å². The topological polar surface area (TPSA) is 8.17 Å². The van der Waals surface area contributed by atoms with E-state index in [2.05, 4.69) is 240 Å². The van der Waals surface area contributed by atoms with Crippen molar-refractivity contribution in [2.45, 2.75) is 0 Å². The van der Waals surface area contributed by atoms with Crippen LogP contribution in [0.5, 0.6) is 0 Å². The van der Waals surface area contributed by atoms with Crippen molar-refractivity contribution in [1.82, 2.24) is 4.57 Å². The van der Waals surface area contributed by atoms with E-state index in [0.717, 1.165) is 28.3 Å². The molecule has 0 saturated carbocycles. The molecule has 58 heavy (non-hydrogen) atoms. The lowest BCUT2D eigenvalue weighted by molar-refractivity contribution is 1.17. The molecule has 0 bridgehead atoms. The molecule has 0 radical (unpaired) electrons. The van der Waals surface area contributed by atoms with Gasteiger partial charge in [-0.1, -0.05) is 182 Å². The van der Waals surface area contributed by atoms with E-state index in [4.69, 9.17) is 0 Å². The minimum Gasteiger partial charge on any atom is -0.310 e. The fraction of sp³-hybridized carbons (Fsp3) is 0. The smallest absolute Gasteiger partial charge is 0.0541 e. The largest absolute Gasteiger partial charge is 0.310 e. The van der Waals surface area contributed by atoms with Crippen LogP contribution in [0.3, 0.4) is 0 Å². The van der Waals surface area contributed by atoms with Crippen LogP contribution in [0.15, 0.2) is 231 Å². The number of para-hydroxylation sites is 3. The van der Waals surface area contributed by atoms with E-state index < -0.39 is 0 Å². The number of anilines is 3. The van der Waals surface area contributed by atoms with Gasteiger partial charge in [0.05, 0.1) is 16.7 Å². The van der Waals surface area contributed by atoms with Gasteiger partial charge in [-0.15, -0.1) is 0 Å². The number of hydrogen-bond acceptors (Lipinski definition) is 1. The maximum absolute atomic E-state index is 2.45. The molecule has 0 fully saturated rings. The van der Waals surface area contributed by atoms with Crippen molar-refractivity contribution in [2.75, 3.05) is 4.90 Å². The summed E-state index contributed by atoms with van der Waals surface area (Å²) in [5.41, 5.74) is 13.9. The Morgan fingerprint density at radius 3 is 1.55 bits per heavy atom. The molecule has 0 spiro atoms. The zero-order valence-electron chi connectivity index (χ0n) is 31.8. The lowest BCUT2D eigenvalue weighted by atomic mass is 9.88. The molecule has 2 heteroatoms. The summed E-state index contributed by atoms with van der Waals surface area (Å²) in [6, 6.07) is 83.8. The zero-order valence-corrected chi connectivity index (χ0v) is 31.8. The molecule has 0 unspecified atom stereocenters. The van der Waals surface area contributed by atoms with E-state index in [9.17, 15) is 0 Å². The van der Waals surface area contributed by atoms with Crippen molar-refractivity contribution < 1.29 is 0 Å². The van der Waals surface area contributed by atoms with E-state index in [1.165, 1.54) is 71.2 Å². The molecule has 0 aliphatic carbocycles. The van der Waals surface area contributed by atoms with Crippen molar-refractivity contribution in [1.29, 1.82) is 0 Å². The summed E-state index contributed by atoms with van der Waals surface area (Å²) in [6.45, 7) is 0. The monoisotopic (exact) mass is 738 g/mol. The van der Waals surface area contributed by atoms with Crippen LogP contribution in [-0.4, -0.2) is 4.57 Å². The first-order chi connectivity index (χ1) is 28.8. The lowest BCUT2D eigenvalue weighted by Crippen LogP contribution is -2.12. The molecule has 0 aliphatic heterocycles. The fourth-order valence-electron chi connectivity index (χ4n) is 8.98. The van der Waals surface area contributed by atoms with Gasteiger partial charge in [0, 0.05) is 33.4 Å². The molecular formula is C56H38N2. The fourth-order valence-corrected chi connectivity index (χ4v) is 8.98. The summed E-state index contributed by atoms with van der Waals surface area (Å²) in [5, 5.41) is 7.46. The molecule has 11 rings (SSSR count). The molecule has 1 heterocycles. The predicted octanol–water partition coefficient (Wildman–Crippen LogP) is 15.6. The number of aromatic nitrogens is 1. The summed E-state index contributed by atoms with van der Waals surface area (Å²) in [7, 11) is 0. The number of hydrogen-bond donors (Lipinski definition) is 0. The SMILES string of the molecule is c1ccc(-c2ccccc2-c2ccccc2-c2ccccc2N(c2cccc(-n3c4ccccc4c4ccccc43)c2)c2ccc3c(ccc4ccccc43)c2)cc1. The molecule has 0 N–H and O–H groups in total. The number of fused-ring (bicyclic) bond motifs is 6. The Bertz CT molecular complexity index is 3250. The van der Waals surface area contributed by atoms with Crippen LogP contribution in [-0.2, 0) is 0 Å². The molecule has 2 nitrogen and oxygen atoms in total. The number of rotatable bonds is 7. The second kappa shape index (κ2) is 14.1. The predicted molar refractivity (Wildman–Crippen MR) is 247 cm³/mol. The van der Waals surface area contributed by atoms with Crippen LogP contribution in [0, 0.1) is 0 Å². The van der Waals surface area contributed by atoms with Gasteiger partial charge in [-0.25, -0.2) is 0 Å². The molecular weight excluding hydrogens is 701 g/mol.